The average molecular weight is 474 g/mol. The van der Waals surface area contributed by atoms with Crippen LogP contribution in [0, 0.1) is 0 Å². The van der Waals surface area contributed by atoms with Gasteiger partial charge in [-0.15, -0.1) is 0 Å². The Labute approximate surface area is 188 Å². The first kappa shape index (κ1) is 20.3. The zero-order valence-corrected chi connectivity index (χ0v) is 17.4. The molecule has 0 radical (unpaired) electrons. The van der Waals surface area contributed by atoms with E-state index in [2.05, 4.69) is 25.2 Å². The van der Waals surface area contributed by atoms with Crippen LogP contribution in [-0.4, -0.2) is 29.7 Å². The van der Waals surface area contributed by atoms with Gasteiger partial charge in [0, 0.05) is 23.4 Å². The van der Waals surface area contributed by atoms with E-state index in [4.69, 9.17) is 33.5 Å². The number of benzene rings is 1. The third kappa shape index (κ3) is 3.63. The number of nitrogen functional groups attached to an aromatic ring is 1. The van der Waals surface area contributed by atoms with Crippen molar-refractivity contribution in [3.05, 3.63) is 64.4 Å². The number of halogens is 4. The second kappa shape index (κ2) is 7.81. The van der Waals surface area contributed by atoms with Gasteiger partial charge in [-0.2, -0.15) is 10.1 Å². The van der Waals surface area contributed by atoms with Crippen LogP contribution in [0.15, 0.2) is 53.2 Å². The first-order chi connectivity index (χ1) is 15.4. The van der Waals surface area contributed by atoms with Crippen molar-refractivity contribution in [3.63, 3.8) is 0 Å². The van der Waals surface area contributed by atoms with Crippen LogP contribution in [0.25, 0.3) is 39.9 Å². The van der Waals surface area contributed by atoms with Crippen molar-refractivity contribution in [1.82, 2.24) is 29.7 Å². The van der Waals surface area contributed by atoms with Gasteiger partial charge in [-0.3, -0.25) is 0 Å². The first-order valence-corrected chi connectivity index (χ1v) is 9.85. The van der Waals surface area contributed by atoms with Crippen molar-refractivity contribution in [2.45, 2.75) is 6.43 Å². The summed E-state index contributed by atoms with van der Waals surface area (Å²) in [5.74, 6) is 0.642. The fourth-order valence-corrected chi connectivity index (χ4v) is 3.34. The van der Waals surface area contributed by atoms with Crippen LogP contribution in [0.2, 0.25) is 10.0 Å². The number of nitrogens with two attached hydrogens (primary N) is 1. The molecule has 32 heavy (non-hydrogen) atoms. The van der Waals surface area contributed by atoms with Crippen LogP contribution in [0.1, 0.15) is 12.1 Å². The van der Waals surface area contributed by atoms with Gasteiger partial charge < -0.3 is 10.3 Å². The zero-order valence-electron chi connectivity index (χ0n) is 15.9. The Hall–Kier alpha value is -3.63. The molecule has 4 aromatic heterocycles. The van der Waals surface area contributed by atoms with Gasteiger partial charge in [-0.25, -0.2) is 23.3 Å². The summed E-state index contributed by atoms with van der Waals surface area (Å²) in [6.07, 6.45) is -1.32. The molecule has 1 aromatic carbocycles. The van der Waals surface area contributed by atoms with Crippen molar-refractivity contribution >= 4 is 34.7 Å². The number of hydrogen-bond donors (Lipinski definition) is 1. The highest BCUT2D eigenvalue weighted by Crippen LogP contribution is 2.31. The number of anilines is 1. The molecule has 0 atom stereocenters. The number of nitrogens with zero attached hydrogens (tertiary/aromatic N) is 6. The molecule has 5 rings (SSSR count). The Morgan fingerprint density at radius 3 is 2.47 bits per heavy atom. The number of aromatic nitrogens is 6. The molecule has 0 aliphatic heterocycles. The van der Waals surface area contributed by atoms with E-state index in [-0.39, 0.29) is 39.5 Å². The molecule has 160 valence electrons. The van der Waals surface area contributed by atoms with Crippen LogP contribution >= 0.6 is 23.2 Å². The van der Waals surface area contributed by atoms with Crippen molar-refractivity contribution in [2.75, 3.05) is 5.73 Å². The fourth-order valence-electron chi connectivity index (χ4n) is 3.04. The normalized spacial score (nSPS) is 11.5. The Morgan fingerprint density at radius 2 is 1.75 bits per heavy atom. The lowest BCUT2D eigenvalue weighted by molar-refractivity contribution is 0.143. The van der Waals surface area contributed by atoms with Crippen molar-refractivity contribution in [1.29, 1.82) is 0 Å². The minimum atomic E-state index is -2.81. The Balaban J connectivity index is 1.59. The van der Waals surface area contributed by atoms with Gasteiger partial charge in [-0.1, -0.05) is 34.4 Å². The van der Waals surface area contributed by atoms with Gasteiger partial charge in [0.1, 0.15) is 11.5 Å². The lowest BCUT2D eigenvalue weighted by Crippen LogP contribution is -2.02. The number of fused-ring (bicyclic) bond motifs is 1. The molecule has 0 saturated carbocycles. The predicted molar refractivity (Wildman–Crippen MR) is 114 cm³/mol. The summed E-state index contributed by atoms with van der Waals surface area (Å²) < 4.78 is 33.9. The summed E-state index contributed by atoms with van der Waals surface area (Å²) >= 11 is 12.0. The van der Waals surface area contributed by atoms with E-state index in [1.807, 2.05) is 0 Å². The minimum absolute atomic E-state index is 0.0404. The standard InChI is InChI=1S/C20H11Cl2F2N7O/c21-11-3-1-9(5-12(11)22)13-6-15(18(23)24)31-17(27-13)7-14(29-31)20-28-19(30-32-20)10-2-4-16(25)26-8-10/h1-8,18H,(H2,25,26). The summed E-state index contributed by atoms with van der Waals surface area (Å²) in [7, 11) is 0. The van der Waals surface area contributed by atoms with Gasteiger partial charge in [0.2, 0.25) is 5.82 Å². The monoisotopic (exact) mass is 473 g/mol. The smallest absolute Gasteiger partial charge is 0.280 e. The SMILES string of the molecule is Nc1ccc(-c2noc(-c3cc4nc(-c5ccc(Cl)c(Cl)c5)cc(C(F)F)n4n3)n2)cn1. The van der Waals surface area contributed by atoms with E-state index >= 15 is 0 Å². The van der Waals surface area contributed by atoms with Gasteiger partial charge in [0.25, 0.3) is 12.3 Å². The van der Waals surface area contributed by atoms with Crippen molar-refractivity contribution < 1.29 is 13.3 Å². The molecule has 0 amide bonds. The molecule has 0 unspecified atom stereocenters. The highest BCUT2D eigenvalue weighted by atomic mass is 35.5. The van der Waals surface area contributed by atoms with E-state index in [0.717, 1.165) is 4.52 Å². The molecular weight excluding hydrogens is 463 g/mol. The Kier molecular flexibility index (Phi) is 4.95. The van der Waals surface area contributed by atoms with E-state index in [0.29, 0.717) is 22.0 Å². The predicted octanol–water partition coefficient (Wildman–Crippen LogP) is 5.33. The second-order valence-corrected chi connectivity index (χ2v) is 7.50. The molecule has 0 bridgehead atoms. The Morgan fingerprint density at radius 1 is 0.938 bits per heavy atom. The van der Waals surface area contributed by atoms with Gasteiger partial charge in [0.15, 0.2) is 11.3 Å². The van der Waals surface area contributed by atoms with Crippen molar-refractivity contribution in [2.24, 2.45) is 0 Å². The van der Waals surface area contributed by atoms with E-state index < -0.39 is 6.43 Å². The molecule has 12 heteroatoms. The number of hydrogen-bond acceptors (Lipinski definition) is 7. The van der Waals surface area contributed by atoms with Gasteiger partial charge in [-0.05, 0) is 30.3 Å². The molecule has 4 heterocycles. The third-order valence-corrected chi connectivity index (χ3v) is 5.32. The molecular formula is C20H11Cl2F2N7O. The Bertz CT molecular complexity index is 1450. The molecule has 0 aliphatic carbocycles. The summed E-state index contributed by atoms with van der Waals surface area (Å²) in [6, 6.07) is 10.8. The van der Waals surface area contributed by atoms with Gasteiger partial charge in [0.05, 0.1) is 15.7 Å². The molecule has 8 nitrogen and oxygen atoms in total. The lowest BCUT2D eigenvalue weighted by atomic mass is 10.1. The first-order valence-electron chi connectivity index (χ1n) is 9.09. The topological polar surface area (TPSA) is 108 Å². The van der Waals surface area contributed by atoms with E-state index in [1.54, 1.807) is 30.3 Å². The highest BCUT2D eigenvalue weighted by Gasteiger charge is 2.21. The van der Waals surface area contributed by atoms with Crippen LogP contribution in [-0.2, 0) is 0 Å². The molecule has 0 fully saturated rings. The van der Waals surface area contributed by atoms with Crippen LogP contribution < -0.4 is 5.73 Å². The van der Waals surface area contributed by atoms with E-state index in [1.165, 1.54) is 18.3 Å². The molecule has 5 aromatic rings. The highest BCUT2D eigenvalue weighted by molar-refractivity contribution is 6.42. The number of pyridine rings is 1. The molecule has 0 aliphatic rings. The minimum Gasteiger partial charge on any atom is -0.384 e. The fraction of sp³-hybridized carbons (Fsp3) is 0.0500. The maximum Gasteiger partial charge on any atom is 0.280 e. The molecule has 0 spiro atoms. The largest absolute Gasteiger partial charge is 0.384 e. The number of rotatable bonds is 4. The molecule has 0 saturated heterocycles. The third-order valence-electron chi connectivity index (χ3n) is 4.58. The zero-order chi connectivity index (χ0) is 22.4. The summed E-state index contributed by atoms with van der Waals surface area (Å²) in [4.78, 5) is 12.7. The number of alkyl halides is 2. The summed E-state index contributed by atoms with van der Waals surface area (Å²) in [5, 5.41) is 8.71. The quantitative estimate of drug-likeness (QED) is 0.375. The van der Waals surface area contributed by atoms with Gasteiger partial charge >= 0.3 is 0 Å². The molecule has 2 N–H and O–H groups in total. The van der Waals surface area contributed by atoms with Crippen LogP contribution in [0.3, 0.4) is 0 Å². The summed E-state index contributed by atoms with van der Waals surface area (Å²) in [6.45, 7) is 0. The summed E-state index contributed by atoms with van der Waals surface area (Å²) in [5.41, 5.74) is 6.98. The second-order valence-electron chi connectivity index (χ2n) is 6.69. The van der Waals surface area contributed by atoms with Crippen LogP contribution in [0.4, 0.5) is 14.6 Å². The maximum atomic E-state index is 13.8. The van der Waals surface area contributed by atoms with Crippen molar-refractivity contribution in [3.8, 4) is 34.2 Å². The average Bonchev–Trinajstić information content (AvgIpc) is 3.42. The lowest BCUT2D eigenvalue weighted by Gasteiger charge is -2.08. The maximum absolute atomic E-state index is 13.8. The van der Waals surface area contributed by atoms with E-state index in [9.17, 15) is 8.78 Å². The van der Waals surface area contributed by atoms with Crippen LogP contribution in [0.5, 0.6) is 0 Å².